The Hall–Kier alpha value is -3.45. The number of phenols is 2. The molecule has 2 aliphatic rings. The molecule has 0 saturated carbocycles. The van der Waals surface area contributed by atoms with Gasteiger partial charge in [0.05, 0.1) is 11.1 Å². The van der Waals surface area contributed by atoms with Gasteiger partial charge in [0.1, 0.15) is 34.4 Å². The maximum absolute atomic E-state index is 13.7. The van der Waals surface area contributed by atoms with E-state index in [1.54, 1.807) is 20.3 Å². The Morgan fingerprint density at radius 2 is 1.71 bits per heavy atom. The van der Waals surface area contributed by atoms with Crippen LogP contribution in [0.3, 0.4) is 0 Å². The van der Waals surface area contributed by atoms with Gasteiger partial charge in [0.25, 0.3) is 0 Å². The van der Waals surface area contributed by atoms with Crippen LogP contribution in [0.5, 0.6) is 23.0 Å². The predicted octanol–water partition coefficient (Wildman–Crippen LogP) is 5.42. The molecule has 0 aliphatic carbocycles. The highest BCUT2D eigenvalue weighted by Gasteiger charge is 2.36. The summed E-state index contributed by atoms with van der Waals surface area (Å²) in [6.45, 7) is 7.95. The molecule has 0 spiro atoms. The Morgan fingerprint density at radius 3 is 2.38 bits per heavy atom. The molecule has 0 atom stereocenters. The summed E-state index contributed by atoms with van der Waals surface area (Å²) in [6, 6.07) is 4.25. The number of phenolic OH excluding ortho intramolecular Hbond substituents is 2. The van der Waals surface area contributed by atoms with Crippen LogP contribution in [-0.2, 0) is 11.2 Å². The fraction of sp³-hybridized carbons (Fsp3) is 0.370. The van der Waals surface area contributed by atoms with E-state index in [1.807, 2.05) is 39.8 Å². The fourth-order valence-electron chi connectivity index (χ4n) is 4.22. The summed E-state index contributed by atoms with van der Waals surface area (Å²) in [5, 5.41) is 19.9. The van der Waals surface area contributed by atoms with Crippen molar-refractivity contribution in [3.8, 4) is 34.1 Å². The van der Waals surface area contributed by atoms with Crippen LogP contribution in [0.4, 0.5) is 0 Å². The van der Waals surface area contributed by atoms with E-state index >= 15 is 0 Å². The molecule has 7 heteroatoms. The van der Waals surface area contributed by atoms with Gasteiger partial charge in [-0.2, -0.15) is 0 Å². The molecule has 2 aliphatic heterocycles. The summed E-state index contributed by atoms with van der Waals surface area (Å²) in [5.74, 6) is 0.633. The first kappa shape index (κ1) is 23.7. The first-order valence-corrected chi connectivity index (χ1v) is 11.1. The van der Waals surface area contributed by atoms with Gasteiger partial charge in [-0.05, 0) is 70.4 Å². The van der Waals surface area contributed by atoms with Crippen molar-refractivity contribution in [3.63, 3.8) is 0 Å². The van der Waals surface area contributed by atoms with Crippen LogP contribution in [0, 0.1) is 0 Å². The molecular weight excluding hydrogens is 436 g/mol. The highest BCUT2D eigenvalue weighted by Crippen LogP contribution is 2.49. The van der Waals surface area contributed by atoms with Crippen molar-refractivity contribution in [2.75, 3.05) is 14.2 Å². The van der Waals surface area contributed by atoms with Crippen molar-refractivity contribution in [1.82, 2.24) is 0 Å². The minimum Gasteiger partial charge on any atom is -0.504 e. The fourth-order valence-corrected chi connectivity index (χ4v) is 4.22. The zero-order valence-corrected chi connectivity index (χ0v) is 20.3. The molecule has 0 radical (unpaired) electrons. The number of benzene rings is 2. The van der Waals surface area contributed by atoms with E-state index in [2.05, 4.69) is 4.74 Å². The van der Waals surface area contributed by atoms with Crippen molar-refractivity contribution in [1.29, 1.82) is 0 Å². The van der Waals surface area contributed by atoms with Crippen LogP contribution >= 0.6 is 0 Å². The topological polar surface area (TPSA) is 98.4 Å². The molecule has 0 unspecified atom stereocenters. The molecule has 180 valence electrons. The maximum Gasteiger partial charge on any atom is 0.204 e. The third kappa shape index (κ3) is 4.12. The molecule has 0 bridgehead atoms. The standard InChI is InChI=1S/C25H24O6.C2H6O/c1-24(2)9-7-14-21(30-24)15-8-10-25(3,4)31-23(15)19-20(28)16(12-29-22(14)19)13-5-6-17(26)18(27)11-13;1-3-2/h5-7,9,11-12,26-27H,8,10H2,1-4H3;1-2H3. The molecule has 34 heavy (non-hydrogen) atoms. The molecule has 0 amide bonds. The Kier molecular flexibility index (Phi) is 5.85. The number of fused-ring (bicyclic) bond motifs is 6. The van der Waals surface area contributed by atoms with Gasteiger partial charge in [0.15, 0.2) is 17.1 Å². The summed E-state index contributed by atoms with van der Waals surface area (Å²) < 4.78 is 22.9. The van der Waals surface area contributed by atoms with Crippen LogP contribution in [0.15, 0.2) is 39.7 Å². The second kappa shape index (κ2) is 8.40. The number of rotatable bonds is 1. The molecule has 2 N–H and O–H groups in total. The van der Waals surface area contributed by atoms with Crippen molar-refractivity contribution in [2.24, 2.45) is 0 Å². The number of aromatic hydroxyl groups is 2. The largest absolute Gasteiger partial charge is 0.504 e. The van der Waals surface area contributed by atoms with Gasteiger partial charge < -0.3 is 28.8 Å². The highest BCUT2D eigenvalue weighted by molar-refractivity contribution is 5.97. The SMILES string of the molecule is CC1(C)C=Cc2c(c3c(c4c(=O)c(-c5ccc(O)c(O)c5)coc24)OC(C)(C)CC3)O1.COC. The van der Waals surface area contributed by atoms with Gasteiger partial charge in [-0.3, -0.25) is 4.79 Å². The van der Waals surface area contributed by atoms with Crippen LogP contribution < -0.4 is 14.9 Å². The minimum absolute atomic E-state index is 0.254. The van der Waals surface area contributed by atoms with Crippen molar-refractivity contribution < 1.29 is 28.8 Å². The average molecular weight is 467 g/mol. The maximum atomic E-state index is 13.7. The second-order valence-electron chi connectivity index (χ2n) is 9.75. The molecule has 2 aromatic carbocycles. The summed E-state index contributed by atoms with van der Waals surface area (Å²) >= 11 is 0. The number of hydrogen-bond acceptors (Lipinski definition) is 7. The minimum atomic E-state index is -0.481. The lowest BCUT2D eigenvalue weighted by molar-refractivity contribution is 0.0827. The Bertz CT molecular complexity index is 1350. The summed E-state index contributed by atoms with van der Waals surface area (Å²) in [5.41, 5.74) is 1.55. The van der Waals surface area contributed by atoms with E-state index in [0.717, 1.165) is 17.5 Å². The molecule has 5 rings (SSSR count). The van der Waals surface area contributed by atoms with Crippen molar-refractivity contribution in [3.05, 3.63) is 51.9 Å². The van der Waals surface area contributed by atoms with Gasteiger partial charge >= 0.3 is 0 Å². The predicted molar refractivity (Wildman–Crippen MR) is 131 cm³/mol. The third-order valence-corrected chi connectivity index (χ3v) is 5.92. The van der Waals surface area contributed by atoms with Crippen LogP contribution in [-0.4, -0.2) is 35.6 Å². The Balaban J connectivity index is 0.000000868. The molecule has 3 aromatic rings. The zero-order valence-electron chi connectivity index (χ0n) is 20.3. The van der Waals surface area contributed by atoms with Gasteiger partial charge in [-0.1, -0.05) is 6.07 Å². The van der Waals surface area contributed by atoms with Gasteiger partial charge in [0.2, 0.25) is 5.43 Å². The molecule has 1 aromatic heterocycles. The van der Waals surface area contributed by atoms with Crippen LogP contribution in [0.1, 0.15) is 45.2 Å². The van der Waals surface area contributed by atoms with Crippen LogP contribution in [0.2, 0.25) is 0 Å². The Morgan fingerprint density at radius 1 is 1.00 bits per heavy atom. The van der Waals surface area contributed by atoms with Crippen LogP contribution in [0.25, 0.3) is 28.2 Å². The van der Waals surface area contributed by atoms with Gasteiger partial charge in [0, 0.05) is 19.8 Å². The monoisotopic (exact) mass is 466 g/mol. The summed E-state index contributed by atoms with van der Waals surface area (Å²) in [4.78, 5) is 13.7. The van der Waals surface area contributed by atoms with E-state index < -0.39 is 11.2 Å². The van der Waals surface area contributed by atoms with Crippen molar-refractivity contribution in [2.45, 2.75) is 51.7 Å². The highest BCUT2D eigenvalue weighted by atomic mass is 16.5. The summed E-state index contributed by atoms with van der Waals surface area (Å²) in [6.07, 6.45) is 6.78. The molecular formula is C27H30O7. The average Bonchev–Trinajstić information content (AvgIpc) is 2.75. The zero-order chi connectivity index (χ0) is 24.8. The second-order valence-corrected chi connectivity index (χ2v) is 9.75. The van der Waals surface area contributed by atoms with Gasteiger partial charge in [-0.25, -0.2) is 0 Å². The normalized spacial score (nSPS) is 17.0. The van der Waals surface area contributed by atoms with Crippen molar-refractivity contribution >= 4 is 17.0 Å². The number of methoxy groups -OCH3 is 1. The number of hydrogen-bond donors (Lipinski definition) is 2. The summed E-state index contributed by atoms with van der Waals surface area (Å²) in [7, 11) is 3.25. The first-order chi connectivity index (χ1) is 16.0. The van der Waals surface area contributed by atoms with E-state index in [-0.39, 0.29) is 22.5 Å². The molecule has 0 fully saturated rings. The number of ether oxygens (including phenoxy) is 3. The van der Waals surface area contributed by atoms with E-state index in [0.29, 0.717) is 34.5 Å². The van der Waals surface area contributed by atoms with E-state index in [1.165, 1.54) is 18.4 Å². The molecule has 0 saturated heterocycles. The quantitative estimate of drug-likeness (QED) is 0.462. The molecule has 7 nitrogen and oxygen atoms in total. The Labute approximate surface area is 198 Å². The third-order valence-electron chi connectivity index (χ3n) is 5.92. The lowest BCUT2D eigenvalue weighted by Crippen LogP contribution is -2.35. The lowest BCUT2D eigenvalue weighted by Gasteiger charge is -2.37. The van der Waals surface area contributed by atoms with E-state index in [9.17, 15) is 15.0 Å². The van der Waals surface area contributed by atoms with Gasteiger partial charge in [-0.15, -0.1) is 0 Å². The molecule has 3 heterocycles. The first-order valence-electron chi connectivity index (χ1n) is 11.1. The smallest absolute Gasteiger partial charge is 0.204 e. The van der Waals surface area contributed by atoms with E-state index in [4.69, 9.17) is 13.9 Å². The lowest BCUT2D eigenvalue weighted by atomic mass is 9.88.